The smallest absolute Gasteiger partial charge is 0.226 e. The molecule has 0 radical (unpaired) electrons. The summed E-state index contributed by atoms with van der Waals surface area (Å²) in [5.41, 5.74) is 3.86. The van der Waals surface area contributed by atoms with Crippen LogP contribution in [0.15, 0.2) is 36.1 Å². The van der Waals surface area contributed by atoms with E-state index >= 15 is 0 Å². The first kappa shape index (κ1) is 18.5. The van der Waals surface area contributed by atoms with Gasteiger partial charge in [0.15, 0.2) is 0 Å². The fraction of sp³-hybridized carbons (Fsp3) is 0.524. The Balaban J connectivity index is 2.07. The molecule has 0 bridgehead atoms. The van der Waals surface area contributed by atoms with Gasteiger partial charge in [0.2, 0.25) is 8.38 Å². The number of aryl methyl sites for hydroxylation is 1. The summed E-state index contributed by atoms with van der Waals surface area (Å²) in [5.74, 6) is 3.37. The van der Waals surface area contributed by atoms with Crippen molar-refractivity contribution in [2.24, 2.45) is 5.92 Å². The SMILES string of the molecule is C=C1Oc2cc(CCC)cc(OP(C)OCC)c2C2C=C(C)CCC12. The number of hydrogen-bond acceptors (Lipinski definition) is 3. The van der Waals surface area contributed by atoms with E-state index in [1.165, 1.54) is 16.7 Å². The molecule has 3 unspecified atom stereocenters. The molecule has 3 rings (SSSR count). The van der Waals surface area contributed by atoms with E-state index in [4.69, 9.17) is 13.8 Å². The second-order valence-corrected chi connectivity index (χ2v) is 8.28. The summed E-state index contributed by atoms with van der Waals surface area (Å²) in [4.78, 5) is 0. The molecule has 136 valence electrons. The van der Waals surface area contributed by atoms with E-state index < -0.39 is 8.38 Å². The van der Waals surface area contributed by atoms with Crippen LogP contribution in [0.5, 0.6) is 11.5 Å². The Labute approximate surface area is 153 Å². The first-order chi connectivity index (χ1) is 12.0. The van der Waals surface area contributed by atoms with Crippen molar-refractivity contribution in [3.05, 3.63) is 47.2 Å². The third-order valence-corrected chi connectivity index (χ3v) is 6.05. The largest absolute Gasteiger partial charge is 0.462 e. The van der Waals surface area contributed by atoms with Gasteiger partial charge in [0.1, 0.15) is 17.3 Å². The van der Waals surface area contributed by atoms with E-state index in [2.05, 4.69) is 38.6 Å². The predicted molar refractivity (Wildman–Crippen MR) is 105 cm³/mol. The van der Waals surface area contributed by atoms with Gasteiger partial charge in [-0.05, 0) is 50.8 Å². The molecule has 1 aromatic rings. The minimum Gasteiger partial charge on any atom is -0.462 e. The molecule has 4 heteroatoms. The van der Waals surface area contributed by atoms with E-state index in [1.807, 2.05) is 13.6 Å². The van der Waals surface area contributed by atoms with Crippen molar-refractivity contribution in [1.29, 1.82) is 0 Å². The van der Waals surface area contributed by atoms with E-state index in [0.29, 0.717) is 18.4 Å². The molecular formula is C21H29O3P. The lowest BCUT2D eigenvalue weighted by atomic mass is 9.74. The molecule has 1 aliphatic carbocycles. The van der Waals surface area contributed by atoms with Crippen molar-refractivity contribution in [3.63, 3.8) is 0 Å². The van der Waals surface area contributed by atoms with Gasteiger partial charge in [-0.1, -0.05) is 31.6 Å². The third kappa shape index (κ3) is 3.93. The Morgan fingerprint density at radius 1 is 1.32 bits per heavy atom. The van der Waals surface area contributed by atoms with Gasteiger partial charge in [0, 0.05) is 24.1 Å². The van der Waals surface area contributed by atoms with Crippen molar-refractivity contribution < 1.29 is 13.8 Å². The first-order valence-corrected chi connectivity index (χ1v) is 10.9. The van der Waals surface area contributed by atoms with Crippen molar-refractivity contribution >= 4 is 8.38 Å². The maximum absolute atomic E-state index is 6.26. The van der Waals surface area contributed by atoms with Gasteiger partial charge in [-0.25, -0.2) is 0 Å². The van der Waals surface area contributed by atoms with Crippen LogP contribution in [0, 0.1) is 5.92 Å². The zero-order valence-corrected chi connectivity index (χ0v) is 16.7. The fourth-order valence-electron chi connectivity index (χ4n) is 3.85. The summed E-state index contributed by atoms with van der Waals surface area (Å²) in [7, 11) is -0.939. The van der Waals surface area contributed by atoms with Crippen LogP contribution in [-0.4, -0.2) is 13.3 Å². The molecule has 0 saturated carbocycles. The lowest BCUT2D eigenvalue weighted by Crippen LogP contribution is -2.26. The maximum Gasteiger partial charge on any atom is 0.226 e. The number of benzene rings is 1. The number of hydrogen-bond donors (Lipinski definition) is 0. The molecule has 1 heterocycles. The topological polar surface area (TPSA) is 27.7 Å². The summed E-state index contributed by atoms with van der Waals surface area (Å²) < 4.78 is 18.1. The van der Waals surface area contributed by atoms with Crippen LogP contribution in [0.2, 0.25) is 0 Å². The molecule has 3 nitrogen and oxygen atoms in total. The quantitative estimate of drug-likeness (QED) is 0.437. The molecule has 0 amide bonds. The molecule has 0 spiro atoms. The highest BCUT2D eigenvalue weighted by Crippen LogP contribution is 2.53. The van der Waals surface area contributed by atoms with Crippen LogP contribution in [0.1, 0.15) is 57.1 Å². The molecule has 1 aromatic carbocycles. The lowest BCUT2D eigenvalue weighted by Gasteiger charge is -2.37. The summed E-state index contributed by atoms with van der Waals surface area (Å²) in [5, 5.41) is 0. The molecule has 0 saturated heterocycles. The second kappa shape index (κ2) is 7.93. The summed E-state index contributed by atoms with van der Waals surface area (Å²) in [6.45, 7) is 13.3. The predicted octanol–water partition coefficient (Wildman–Crippen LogP) is 6.34. The van der Waals surface area contributed by atoms with E-state index in [9.17, 15) is 0 Å². The van der Waals surface area contributed by atoms with Crippen molar-refractivity contribution in [3.8, 4) is 11.5 Å². The highest BCUT2D eigenvalue weighted by molar-refractivity contribution is 7.46. The Kier molecular flexibility index (Phi) is 5.86. The molecule has 3 atom stereocenters. The summed E-state index contributed by atoms with van der Waals surface area (Å²) in [6.07, 6.45) is 6.69. The Morgan fingerprint density at radius 2 is 2.12 bits per heavy atom. The minimum atomic E-state index is -0.939. The molecule has 25 heavy (non-hydrogen) atoms. The number of rotatable bonds is 6. The van der Waals surface area contributed by atoms with Crippen LogP contribution in [0.3, 0.4) is 0 Å². The van der Waals surface area contributed by atoms with Crippen molar-refractivity contribution in [1.82, 2.24) is 0 Å². The van der Waals surface area contributed by atoms with Gasteiger partial charge in [-0.2, -0.15) is 0 Å². The maximum atomic E-state index is 6.26. The average Bonchev–Trinajstić information content (AvgIpc) is 2.54. The van der Waals surface area contributed by atoms with Gasteiger partial charge in [0.05, 0.1) is 6.61 Å². The lowest BCUT2D eigenvalue weighted by molar-refractivity contribution is 0.276. The monoisotopic (exact) mass is 360 g/mol. The zero-order valence-electron chi connectivity index (χ0n) is 15.8. The fourth-order valence-corrected chi connectivity index (χ4v) is 4.70. The van der Waals surface area contributed by atoms with Gasteiger partial charge in [0.25, 0.3) is 0 Å². The highest BCUT2D eigenvalue weighted by atomic mass is 31.2. The van der Waals surface area contributed by atoms with Crippen LogP contribution >= 0.6 is 8.38 Å². The number of ether oxygens (including phenoxy) is 1. The van der Waals surface area contributed by atoms with Gasteiger partial charge < -0.3 is 13.8 Å². The molecule has 0 aromatic heterocycles. The van der Waals surface area contributed by atoms with Gasteiger partial charge in [-0.3, -0.25) is 0 Å². The normalized spacial score (nSPS) is 23.2. The van der Waals surface area contributed by atoms with Gasteiger partial charge >= 0.3 is 0 Å². The third-order valence-electron chi connectivity index (χ3n) is 4.98. The molecular weight excluding hydrogens is 331 g/mol. The van der Waals surface area contributed by atoms with Crippen molar-refractivity contribution in [2.75, 3.05) is 13.3 Å². The van der Waals surface area contributed by atoms with Crippen LogP contribution in [0.4, 0.5) is 0 Å². The van der Waals surface area contributed by atoms with Crippen LogP contribution in [0.25, 0.3) is 0 Å². The minimum absolute atomic E-state index is 0.292. The molecule has 2 aliphatic rings. The number of allylic oxidation sites excluding steroid dienone is 3. The number of fused-ring (bicyclic) bond motifs is 3. The summed E-state index contributed by atoms with van der Waals surface area (Å²) >= 11 is 0. The first-order valence-electron chi connectivity index (χ1n) is 9.28. The molecule has 0 fully saturated rings. The summed E-state index contributed by atoms with van der Waals surface area (Å²) in [6, 6.07) is 4.36. The van der Waals surface area contributed by atoms with E-state index in [1.54, 1.807) is 0 Å². The standard InChI is InChI=1S/C21H29O3P/c1-6-8-16-12-19-21(20(13-16)24-25(5)22-7-2)18-11-14(3)9-10-17(18)15(4)23-19/h11-13,17-18H,4,6-10H2,1-3,5H3. The molecule has 1 aliphatic heterocycles. The van der Waals surface area contributed by atoms with E-state index in [-0.39, 0.29) is 0 Å². The van der Waals surface area contributed by atoms with E-state index in [0.717, 1.165) is 42.9 Å². The van der Waals surface area contributed by atoms with Crippen molar-refractivity contribution in [2.45, 2.75) is 52.4 Å². The highest BCUT2D eigenvalue weighted by Gasteiger charge is 2.37. The average molecular weight is 360 g/mol. The Morgan fingerprint density at radius 3 is 2.84 bits per heavy atom. The molecule has 0 N–H and O–H groups in total. The van der Waals surface area contributed by atoms with Crippen LogP contribution in [-0.2, 0) is 10.9 Å². The second-order valence-electron chi connectivity index (χ2n) is 6.96. The zero-order chi connectivity index (χ0) is 18.0. The Hall–Kier alpha value is -1.31. The van der Waals surface area contributed by atoms with Crippen LogP contribution < -0.4 is 9.26 Å². The van der Waals surface area contributed by atoms with Gasteiger partial charge in [-0.15, -0.1) is 0 Å². The Bertz CT molecular complexity index is 680.